The summed E-state index contributed by atoms with van der Waals surface area (Å²) < 4.78 is 2.29. The Morgan fingerprint density at radius 2 is 2.00 bits per heavy atom. The van der Waals surface area contributed by atoms with Gasteiger partial charge in [0.2, 0.25) is 0 Å². The largest absolute Gasteiger partial charge is 0.371 e. The van der Waals surface area contributed by atoms with E-state index in [1.54, 1.807) is 6.92 Å². The van der Waals surface area contributed by atoms with Crippen molar-refractivity contribution in [2.75, 3.05) is 12.1 Å². The van der Waals surface area contributed by atoms with E-state index < -0.39 is 0 Å². The zero-order valence-corrected chi connectivity index (χ0v) is 15.7. The first-order valence-corrected chi connectivity index (χ1v) is 9.96. The highest BCUT2D eigenvalue weighted by Crippen LogP contribution is 2.62. The minimum atomic E-state index is -0.0299. The molecule has 1 fully saturated rings. The van der Waals surface area contributed by atoms with Crippen LogP contribution in [0.5, 0.6) is 0 Å². The number of nitrogens with zero attached hydrogens (tertiary/aromatic N) is 2. The summed E-state index contributed by atoms with van der Waals surface area (Å²) in [5, 5.41) is 2.38. The summed E-state index contributed by atoms with van der Waals surface area (Å²) in [6.45, 7) is 1.62. The molecule has 24 heavy (non-hydrogen) atoms. The Morgan fingerprint density at radius 1 is 1.25 bits per heavy atom. The Morgan fingerprint density at radius 3 is 2.58 bits per heavy atom. The predicted molar refractivity (Wildman–Crippen MR) is 104 cm³/mol. The zero-order valence-electron chi connectivity index (χ0n) is 14.0. The van der Waals surface area contributed by atoms with Gasteiger partial charge in [0, 0.05) is 42.2 Å². The molecule has 2 aromatic rings. The Bertz CT molecular complexity index is 877. The standard InChI is InChI=1S/C19H20N2OS2/c1-13(22)15-8-9-17(20(2)11-15)19(23-12-24-19)18-10-14-6-4-5-7-16(14)21(18)3/h4-11,17H,12H2,1-3H3. The molecule has 1 aromatic carbocycles. The highest BCUT2D eigenvalue weighted by molar-refractivity contribution is 8.33. The summed E-state index contributed by atoms with van der Waals surface area (Å²) in [6, 6.07) is 11.1. The average molecular weight is 357 g/mol. The van der Waals surface area contributed by atoms with Crippen molar-refractivity contribution in [2.45, 2.75) is 17.0 Å². The van der Waals surface area contributed by atoms with Gasteiger partial charge in [-0.15, -0.1) is 23.5 Å². The van der Waals surface area contributed by atoms with Gasteiger partial charge in [0.15, 0.2) is 5.78 Å². The van der Waals surface area contributed by atoms with E-state index in [0.29, 0.717) is 0 Å². The molecule has 0 aliphatic carbocycles. The maximum atomic E-state index is 11.7. The summed E-state index contributed by atoms with van der Waals surface area (Å²) in [4.78, 5) is 13.9. The lowest BCUT2D eigenvalue weighted by atomic mass is 10.0. The van der Waals surface area contributed by atoms with E-state index in [1.165, 1.54) is 16.6 Å². The van der Waals surface area contributed by atoms with Crippen LogP contribution in [0.25, 0.3) is 10.9 Å². The number of carbonyl (C=O) groups is 1. The summed E-state index contributed by atoms with van der Waals surface area (Å²) in [5.41, 5.74) is 3.38. The second-order valence-corrected chi connectivity index (χ2v) is 9.40. The molecule has 0 radical (unpaired) electrons. The van der Waals surface area contributed by atoms with E-state index in [2.05, 4.69) is 60.0 Å². The number of carbonyl (C=O) groups excluding carboxylic acids is 1. The Balaban J connectivity index is 1.79. The van der Waals surface area contributed by atoms with Crippen LogP contribution in [0.15, 0.2) is 54.3 Å². The molecule has 0 saturated carbocycles. The number of Topliss-reactive ketones (excluding diaryl/α,β-unsaturated/α-hetero) is 1. The summed E-state index contributed by atoms with van der Waals surface area (Å²) >= 11 is 3.98. The number of para-hydroxylation sites is 1. The molecule has 2 aliphatic heterocycles. The predicted octanol–water partition coefficient (Wildman–Crippen LogP) is 4.11. The molecule has 1 saturated heterocycles. The van der Waals surface area contributed by atoms with Gasteiger partial charge in [0.1, 0.15) is 4.08 Å². The minimum absolute atomic E-state index is 0.0299. The van der Waals surface area contributed by atoms with E-state index in [0.717, 1.165) is 10.7 Å². The summed E-state index contributed by atoms with van der Waals surface area (Å²) in [5.74, 6) is 0.115. The number of thioether (sulfide) groups is 2. The lowest BCUT2D eigenvalue weighted by molar-refractivity contribution is -0.113. The van der Waals surface area contributed by atoms with E-state index in [1.807, 2.05) is 35.8 Å². The SMILES string of the molecule is CC(=O)C1=CN(C)C(C2(c3cc4ccccc4n3C)SCS2)C=C1. The number of fused-ring (bicyclic) bond motifs is 1. The number of ketones is 1. The van der Waals surface area contributed by atoms with E-state index in [4.69, 9.17) is 0 Å². The Labute approximate surface area is 150 Å². The second-order valence-electron chi connectivity index (χ2n) is 6.33. The molecule has 1 aromatic heterocycles. The van der Waals surface area contributed by atoms with Gasteiger partial charge >= 0.3 is 0 Å². The Hall–Kier alpha value is -1.59. The number of aromatic nitrogens is 1. The van der Waals surface area contributed by atoms with Crippen LogP contribution in [-0.2, 0) is 15.9 Å². The van der Waals surface area contributed by atoms with Gasteiger partial charge in [-0.05, 0) is 24.4 Å². The molecular formula is C19H20N2OS2. The maximum absolute atomic E-state index is 11.7. The van der Waals surface area contributed by atoms with Crippen molar-refractivity contribution in [3.63, 3.8) is 0 Å². The molecule has 1 atom stereocenters. The van der Waals surface area contributed by atoms with Gasteiger partial charge < -0.3 is 9.47 Å². The first kappa shape index (κ1) is 15.9. The third kappa shape index (κ3) is 2.25. The van der Waals surface area contributed by atoms with Gasteiger partial charge in [0.05, 0.1) is 6.04 Å². The van der Waals surface area contributed by atoms with E-state index in [-0.39, 0.29) is 15.9 Å². The molecule has 0 bridgehead atoms. The number of allylic oxidation sites excluding steroid dienone is 2. The number of benzene rings is 1. The van der Waals surface area contributed by atoms with Crippen molar-refractivity contribution in [1.82, 2.24) is 9.47 Å². The smallest absolute Gasteiger partial charge is 0.161 e. The molecule has 124 valence electrons. The highest BCUT2D eigenvalue weighted by Gasteiger charge is 2.50. The fourth-order valence-corrected chi connectivity index (χ4v) is 6.56. The van der Waals surface area contributed by atoms with Crippen LogP contribution < -0.4 is 0 Å². The number of aryl methyl sites for hydroxylation is 1. The van der Waals surface area contributed by atoms with Crippen LogP contribution in [0.2, 0.25) is 0 Å². The van der Waals surface area contributed by atoms with Crippen LogP contribution in [0.3, 0.4) is 0 Å². The van der Waals surface area contributed by atoms with Crippen LogP contribution >= 0.6 is 23.5 Å². The van der Waals surface area contributed by atoms with Gasteiger partial charge in [0.25, 0.3) is 0 Å². The fourth-order valence-electron chi connectivity index (χ4n) is 3.56. The van der Waals surface area contributed by atoms with Crippen molar-refractivity contribution in [2.24, 2.45) is 7.05 Å². The number of rotatable bonds is 3. The van der Waals surface area contributed by atoms with Crippen molar-refractivity contribution >= 4 is 40.2 Å². The van der Waals surface area contributed by atoms with Crippen molar-refractivity contribution in [1.29, 1.82) is 0 Å². The molecule has 3 nitrogen and oxygen atoms in total. The topological polar surface area (TPSA) is 25.2 Å². The number of hydrogen-bond donors (Lipinski definition) is 0. The third-order valence-electron chi connectivity index (χ3n) is 4.89. The van der Waals surface area contributed by atoms with Crippen LogP contribution in [0.1, 0.15) is 12.6 Å². The molecule has 0 amide bonds. The lowest BCUT2D eigenvalue weighted by Gasteiger charge is -2.49. The van der Waals surface area contributed by atoms with Crippen molar-refractivity contribution in [3.05, 3.63) is 60.0 Å². The van der Waals surface area contributed by atoms with Crippen LogP contribution in [0.4, 0.5) is 0 Å². The van der Waals surface area contributed by atoms with Gasteiger partial charge in [-0.2, -0.15) is 0 Å². The fraction of sp³-hybridized carbons (Fsp3) is 0.316. The van der Waals surface area contributed by atoms with Gasteiger partial charge in [-0.25, -0.2) is 0 Å². The van der Waals surface area contributed by atoms with E-state index >= 15 is 0 Å². The molecule has 2 aliphatic rings. The molecular weight excluding hydrogens is 336 g/mol. The highest BCUT2D eigenvalue weighted by atomic mass is 32.3. The van der Waals surface area contributed by atoms with Crippen LogP contribution in [0, 0.1) is 0 Å². The lowest BCUT2D eigenvalue weighted by Crippen LogP contribution is -2.47. The van der Waals surface area contributed by atoms with Gasteiger partial charge in [-0.1, -0.05) is 30.4 Å². The molecule has 3 heterocycles. The Kier molecular flexibility index (Phi) is 3.81. The molecule has 0 N–H and O–H groups in total. The minimum Gasteiger partial charge on any atom is -0.371 e. The normalized spacial score (nSPS) is 22.4. The molecule has 4 rings (SSSR count). The zero-order chi connectivity index (χ0) is 16.9. The second kappa shape index (κ2) is 5.74. The average Bonchev–Trinajstić information content (AvgIpc) is 2.85. The quantitative estimate of drug-likeness (QED) is 0.826. The molecule has 5 heteroatoms. The monoisotopic (exact) mass is 356 g/mol. The maximum Gasteiger partial charge on any atom is 0.161 e. The molecule has 0 spiro atoms. The summed E-state index contributed by atoms with van der Waals surface area (Å²) in [6.07, 6.45) is 6.15. The number of likely N-dealkylation sites (N-methyl/N-ethyl adjacent to an activating group) is 1. The van der Waals surface area contributed by atoms with Crippen molar-refractivity contribution < 1.29 is 4.79 Å². The van der Waals surface area contributed by atoms with Crippen molar-refractivity contribution in [3.8, 4) is 0 Å². The van der Waals surface area contributed by atoms with Gasteiger partial charge in [-0.3, -0.25) is 4.79 Å². The first-order valence-electron chi connectivity index (χ1n) is 7.99. The third-order valence-corrected chi connectivity index (χ3v) is 8.30. The first-order chi connectivity index (χ1) is 11.5. The number of hydrogen-bond acceptors (Lipinski definition) is 4. The summed E-state index contributed by atoms with van der Waals surface area (Å²) in [7, 11) is 4.23. The van der Waals surface area contributed by atoms with Crippen LogP contribution in [-0.4, -0.2) is 33.4 Å². The molecule has 1 unspecified atom stereocenters. The van der Waals surface area contributed by atoms with E-state index in [9.17, 15) is 4.79 Å².